The molecular weight excluding hydrogens is 506 g/mol. The first-order chi connectivity index (χ1) is 19.4. The normalized spacial score (nSPS) is 11.8. The molecule has 6 aromatic rings. The van der Waals surface area contributed by atoms with Crippen LogP contribution in [0.1, 0.15) is 40.3 Å². The largest absolute Gasteiger partial charge is 0.381 e. The van der Waals surface area contributed by atoms with Gasteiger partial charge in [-0.3, -0.25) is 18.8 Å². The number of aryl methyl sites for hydroxylation is 1. The van der Waals surface area contributed by atoms with Crippen LogP contribution in [0, 0.1) is 11.8 Å². The van der Waals surface area contributed by atoms with Gasteiger partial charge in [-0.15, -0.1) is 5.10 Å². The number of pyridine rings is 1. The molecule has 0 spiro atoms. The number of anilines is 1. The van der Waals surface area contributed by atoms with Gasteiger partial charge in [0, 0.05) is 30.2 Å². The van der Waals surface area contributed by atoms with E-state index in [0.29, 0.717) is 33.4 Å². The highest BCUT2D eigenvalue weighted by molar-refractivity contribution is 6.04. The van der Waals surface area contributed by atoms with Crippen molar-refractivity contribution < 1.29 is 4.79 Å². The lowest BCUT2D eigenvalue weighted by Crippen LogP contribution is -2.32. The SMILES string of the molecule is C[C@H](NC(=O)c1c(N)nn2cncnc12)c1cc2cccc(C#Cc3ccn(C)n3)c2c(=O)n1-c1ccccc1. The van der Waals surface area contributed by atoms with E-state index in [1.54, 1.807) is 16.2 Å². The maximum atomic E-state index is 14.1. The van der Waals surface area contributed by atoms with E-state index < -0.39 is 11.9 Å². The van der Waals surface area contributed by atoms with Crippen LogP contribution in [0.2, 0.25) is 0 Å². The number of para-hydroxylation sites is 1. The molecule has 196 valence electrons. The van der Waals surface area contributed by atoms with Gasteiger partial charge in [-0.05, 0) is 48.6 Å². The van der Waals surface area contributed by atoms with Gasteiger partial charge in [0.05, 0.1) is 11.4 Å². The Labute approximate surface area is 227 Å². The number of amides is 1. The third kappa shape index (κ3) is 4.33. The fourth-order valence-electron chi connectivity index (χ4n) is 4.65. The summed E-state index contributed by atoms with van der Waals surface area (Å²) < 4.78 is 4.62. The summed E-state index contributed by atoms with van der Waals surface area (Å²) in [6.07, 6.45) is 4.55. The maximum absolute atomic E-state index is 14.1. The molecule has 0 bridgehead atoms. The maximum Gasteiger partial charge on any atom is 0.264 e. The number of nitrogens with two attached hydrogens (primary N) is 1. The molecule has 0 unspecified atom stereocenters. The van der Waals surface area contributed by atoms with Gasteiger partial charge >= 0.3 is 0 Å². The Kier molecular flexibility index (Phi) is 6.05. The summed E-state index contributed by atoms with van der Waals surface area (Å²) in [5.74, 6) is 5.71. The van der Waals surface area contributed by atoms with Crippen LogP contribution in [0.3, 0.4) is 0 Å². The second-order valence-electron chi connectivity index (χ2n) is 9.17. The van der Waals surface area contributed by atoms with Gasteiger partial charge in [0.15, 0.2) is 11.5 Å². The van der Waals surface area contributed by atoms with Crippen molar-refractivity contribution in [1.29, 1.82) is 0 Å². The van der Waals surface area contributed by atoms with E-state index in [4.69, 9.17) is 5.73 Å². The molecular formula is C29H23N9O2. The van der Waals surface area contributed by atoms with Gasteiger partial charge in [0.2, 0.25) is 0 Å². The summed E-state index contributed by atoms with van der Waals surface area (Å²) in [4.78, 5) is 35.6. The zero-order valence-corrected chi connectivity index (χ0v) is 21.6. The molecule has 0 aliphatic rings. The summed E-state index contributed by atoms with van der Waals surface area (Å²) in [6, 6.07) is 17.9. The lowest BCUT2D eigenvalue weighted by atomic mass is 10.0. The number of hydrogen-bond donors (Lipinski definition) is 2. The smallest absolute Gasteiger partial charge is 0.264 e. The van der Waals surface area contributed by atoms with Crippen molar-refractivity contribution in [2.24, 2.45) is 7.05 Å². The van der Waals surface area contributed by atoms with Crippen LogP contribution in [0.5, 0.6) is 0 Å². The summed E-state index contributed by atoms with van der Waals surface area (Å²) in [6.45, 7) is 1.81. The average molecular weight is 530 g/mol. The summed E-state index contributed by atoms with van der Waals surface area (Å²) >= 11 is 0. The molecule has 1 atom stereocenters. The molecule has 11 heteroatoms. The highest BCUT2D eigenvalue weighted by Crippen LogP contribution is 2.24. The van der Waals surface area contributed by atoms with Crippen molar-refractivity contribution in [2.45, 2.75) is 13.0 Å². The first kappa shape index (κ1) is 24.6. The fraction of sp³-hybridized carbons (Fsp3) is 0.103. The van der Waals surface area contributed by atoms with Crippen LogP contribution < -0.4 is 16.6 Å². The van der Waals surface area contributed by atoms with E-state index >= 15 is 0 Å². The van der Waals surface area contributed by atoms with Gasteiger partial charge in [0.1, 0.15) is 23.9 Å². The molecule has 0 aliphatic heterocycles. The van der Waals surface area contributed by atoms with E-state index in [-0.39, 0.29) is 22.6 Å². The quantitative estimate of drug-likeness (QED) is 0.335. The van der Waals surface area contributed by atoms with Crippen LogP contribution in [-0.2, 0) is 7.05 Å². The van der Waals surface area contributed by atoms with Crippen LogP contribution in [-0.4, -0.2) is 39.8 Å². The van der Waals surface area contributed by atoms with Gasteiger partial charge < -0.3 is 11.1 Å². The van der Waals surface area contributed by atoms with E-state index in [0.717, 1.165) is 0 Å². The summed E-state index contributed by atoms with van der Waals surface area (Å²) in [5.41, 5.74) is 8.63. The number of carbonyl (C=O) groups excluding carboxylic acids is 1. The highest BCUT2D eigenvalue weighted by Gasteiger charge is 2.24. The number of nitrogens with one attached hydrogen (secondary N) is 1. The standard InChI is InChI=1S/C29H23N9O2/c1-18(33-28(39)25-26(30)35-37-17-31-16-32-27(25)37)23-15-20-8-6-7-19(11-12-21-13-14-36(2)34-21)24(20)29(40)38(23)22-9-4-3-5-10-22/h3-10,13-18H,1-2H3,(H2,30,35)(H,33,39)/t18-/m0/s1. The van der Waals surface area contributed by atoms with Crippen LogP contribution in [0.4, 0.5) is 5.82 Å². The third-order valence-corrected chi connectivity index (χ3v) is 6.48. The molecule has 6 rings (SSSR count). The van der Waals surface area contributed by atoms with Gasteiger partial charge in [0.25, 0.3) is 11.5 Å². The Hall–Kier alpha value is -5.76. The highest BCUT2D eigenvalue weighted by atomic mass is 16.2. The third-order valence-electron chi connectivity index (χ3n) is 6.48. The molecule has 0 saturated carbocycles. The number of aromatic nitrogens is 7. The molecule has 0 radical (unpaired) electrons. The lowest BCUT2D eigenvalue weighted by molar-refractivity contribution is 0.0941. The van der Waals surface area contributed by atoms with Crippen molar-refractivity contribution in [3.63, 3.8) is 0 Å². The number of rotatable bonds is 4. The van der Waals surface area contributed by atoms with Gasteiger partial charge in [-0.25, -0.2) is 14.5 Å². The molecule has 40 heavy (non-hydrogen) atoms. The number of benzene rings is 2. The molecule has 4 heterocycles. The van der Waals surface area contributed by atoms with Crippen molar-refractivity contribution in [3.8, 4) is 17.5 Å². The predicted molar refractivity (Wildman–Crippen MR) is 150 cm³/mol. The Balaban J connectivity index is 1.48. The number of hydrogen-bond acceptors (Lipinski definition) is 7. The summed E-state index contributed by atoms with van der Waals surface area (Å²) in [5, 5.41) is 12.6. The van der Waals surface area contributed by atoms with Crippen molar-refractivity contribution in [1.82, 2.24) is 39.2 Å². The van der Waals surface area contributed by atoms with E-state index in [9.17, 15) is 9.59 Å². The second-order valence-corrected chi connectivity index (χ2v) is 9.17. The van der Waals surface area contributed by atoms with Crippen LogP contribution >= 0.6 is 0 Å². The average Bonchev–Trinajstić information content (AvgIpc) is 3.53. The Morgan fingerprint density at radius 1 is 1.05 bits per heavy atom. The van der Waals surface area contributed by atoms with Crippen molar-refractivity contribution in [3.05, 3.63) is 112 Å². The van der Waals surface area contributed by atoms with E-state index in [1.165, 1.54) is 17.2 Å². The molecule has 0 aliphatic carbocycles. The van der Waals surface area contributed by atoms with Gasteiger partial charge in [-0.1, -0.05) is 36.3 Å². The molecule has 1 amide bonds. The lowest BCUT2D eigenvalue weighted by Gasteiger charge is -2.21. The Bertz CT molecular complexity index is 2030. The van der Waals surface area contributed by atoms with Crippen LogP contribution in [0.25, 0.3) is 22.1 Å². The minimum Gasteiger partial charge on any atom is -0.381 e. The molecule has 11 nitrogen and oxygen atoms in total. The Morgan fingerprint density at radius 3 is 2.65 bits per heavy atom. The minimum absolute atomic E-state index is 0.0280. The first-order valence-corrected chi connectivity index (χ1v) is 12.4. The predicted octanol–water partition coefficient (Wildman–Crippen LogP) is 2.63. The molecule has 3 N–H and O–H groups in total. The van der Waals surface area contributed by atoms with Crippen molar-refractivity contribution >= 4 is 28.1 Å². The number of fused-ring (bicyclic) bond motifs is 2. The zero-order valence-electron chi connectivity index (χ0n) is 21.6. The topological polar surface area (TPSA) is 138 Å². The first-order valence-electron chi connectivity index (χ1n) is 12.4. The zero-order chi connectivity index (χ0) is 27.8. The molecule has 0 saturated heterocycles. The molecule has 2 aromatic carbocycles. The minimum atomic E-state index is -0.593. The fourth-order valence-corrected chi connectivity index (χ4v) is 4.65. The number of nitrogens with zero attached hydrogens (tertiary/aromatic N) is 7. The molecule has 4 aromatic heterocycles. The van der Waals surface area contributed by atoms with E-state index in [1.807, 2.05) is 73.9 Å². The van der Waals surface area contributed by atoms with Crippen LogP contribution in [0.15, 0.2) is 84.3 Å². The number of nitrogen functional groups attached to an aromatic ring is 1. The molecule has 0 fully saturated rings. The van der Waals surface area contributed by atoms with E-state index in [2.05, 4.69) is 37.3 Å². The monoisotopic (exact) mass is 529 g/mol. The summed E-state index contributed by atoms with van der Waals surface area (Å²) in [7, 11) is 1.82. The Morgan fingerprint density at radius 2 is 1.88 bits per heavy atom. The second kappa shape index (κ2) is 9.85. The van der Waals surface area contributed by atoms with Crippen molar-refractivity contribution in [2.75, 3.05) is 5.73 Å². The number of carbonyl (C=O) groups is 1. The van der Waals surface area contributed by atoms with Gasteiger partial charge in [-0.2, -0.15) is 5.10 Å².